The Hall–Kier alpha value is -1.83. The highest BCUT2D eigenvalue weighted by atomic mass is 35.5. The van der Waals surface area contributed by atoms with E-state index in [4.69, 9.17) is 11.6 Å². The maximum Gasteiger partial charge on any atom is 0.279 e. The summed E-state index contributed by atoms with van der Waals surface area (Å²) in [5.41, 5.74) is 2.24. The standard InChI is InChI=1S/C19H17ClN2O3S2/c1-12-7-8-14(20)9-15(12)22-16-10-27(24,25)11-17(16)26-19(22)21-18(23)13-5-3-2-4-6-13/h2-9,16-17H,10-11H2,1H3/t16-,17-/m1/s1. The van der Waals surface area contributed by atoms with Gasteiger partial charge in [0.25, 0.3) is 5.91 Å². The van der Waals surface area contributed by atoms with Crippen molar-refractivity contribution in [3.8, 4) is 0 Å². The number of rotatable bonds is 2. The number of thioether (sulfide) groups is 1. The van der Waals surface area contributed by atoms with Crippen molar-refractivity contribution in [3.63, 3.8) is 0 Å². The molecule has 0 aliphatic carbocycles. The molecule has 2 fully saturated rings. The van der Waals surface area contributed by atoms with Crippen LogP contribution in [0.25, 0.3) is 0 Å². The maximum atomic E-state index is 12.6. The van der Waals surface area contributed by atoms with Gasteiger partial charge in [-0.15, -0.1) is 0 Å². The number of halogens is 1. The summed E-state index contributed by atoms with van der Waals surface area (Å²) in [6.45, 7) is 1.93. The topological polar surface area (TPSA) is 66.8 Å². The van der Waals surface area contributed by atoms with Crippen molar-refractivity contribution < 1.29 is 13.2 Å². The average Bonchev–Trinajstić information content (AvgIpc) is 3.09. The van der Waals surface area contributed by atoms with Gasteiger partial charge in [-0.05, 0) is 36.8 Å². The summed E-state index contributed by atoms with van der Waals surface area (Å²) < 4.78 is 24.3. The molecule has 0 aromatic heterocycles. The Bertz CT molecular complexity index is 1040. The number of hydrogen-bond acceptors (Lipinski definition) is 4. The summed E-state index contributed by atoms with van der Waals surface area (Å²) in [6, 6.07) is 14.1. The average molecular weight is 421 g/mol. The Morgan fingerprint density at radius 2 is 1.93 bits per heavy atom. The van der Waals surface area contributed by atoms with Crippen LogP contribution < -0.4 is 4.90 Å². The molecule has 0 N–H and O–H groups in total. The number of amidine groups is 1. The molecule has 27 heavy (non-hydrogen) atoms. The number of carbonyl (C=O) groups excluding carboxylic acids is 1. The molecule has 2 atom stereocenters. The van der Waals surface area contributed by atoms with Crippen molar-refractivity contribution in [1.29, 1.82) is 0 Å². The lowest BCUT2D eigenvalue weighted by Gasteiger charge is -2.26. The minimum absolute atomic E-state index is 0.0508. The number of aliphatic imine (C=N–C) groups is 1. The lowest BCUT2D eigenvalue weighted by Crippen LogP contribution is -2.38. The zero-order valence-corrected chi connectivity index (χ0v) is 16.9. The molecule has 2 aliphatic rings. The Morgan fingerprint density at radius 1 is 1.19 bits per heavy atom. The van der Waals surface area contributed by atoms with E-state index in [1.165, 1.54) is 11.8 Å². The fourth-order valence-corrected chi connectivity index (χ4v) is 7.49. The van der Waals surface area contributed by atoms with Gasteiger partial charge >= 0.3 is 0 Å². The molecule has 0 saturated carbocycles. The lowest BCUT2D eigenvalue weighted by atomic mass is 10.1. The first-order valence-electron chi connectivity index (χ1n) is 8.44. The van der Waals surface area contributed by atoms with Crippen molar-refractivity contribution in [1.82, 2.24) is 0 Å². The smallest absolute Gasteiger partial charge is 0.279 e. The summed E-state index contributed by atoms with van der Waals surface area (Å²) in [5, 5.41) is 0.938. The number of aryl methyl sites for hydroxylation is 1. The Labute approximate surface area is 167 Å². The molecular formula is C19H17ClN2O3S2. The molecule has 140 valence electrons. The Kier molecular flexibility index (Phi) is 4.78. The highest BCUT2D eigenvalue weighted by Crippen LogP contribution is 2.42. The molecule has 0 spiro atoms. The molecule has 2 aliphatic heterocycles. The van der Waals surface area contributed by atoms with Crippen LogP contribution >= 0.6 is 23.4 Å². The van der Waals surface area contributed by atoms with Crippen LogP contribution in [0.4, 0.5) is 5.69 Å². The summed E-state index contributed by atoms with van der Waals surface area (Å²) in [4.78, 5) is 18.8. The third-order valence-corrected chi connectivity index (χ3v) is 8.16. The van der Waals surface area contributed by atoms with Gasteiger partial charge in [-0.3, -0.25) is 4.79 Å². The maximum absolute atomic E-state index is 12.6. The molecule has 8 heteroatoms. The van der Waals surface area contributed by atoms with E-state index in [0.29, 0.717) is 15.8 Å². The van der Waals surface area contributed by atoms with Gasteiger partial charge in [0.05, 0.1) is 17.5 Å². The van der Waals surface area contributed by atoms with Gasteiger partial charge in [0, 0.05) is 21.5 Å². The second kappa shape index (κ2) is 6.96. The van der Waals surface area contributed by atoms with Crippen LogP contribution in [0.5, 0.6) is 0 Å². The fourth-order valence-electron chi connectivity index (χ4n) is 3.42. The number of hydrogen-bond donors (Lipinski definition) is 0. The summed E-state index contributed by atoms with van der Waals surface area (Å²) in [6.07, 6.45) is 0. The quantitative estimate of drug-likeness (QED) is 0.743. The first-order valence-corrected chi connectivity index (χ1v) is 11.5. The number of sulfone groups is 1. The van der Waals surface area contributed by atoms with Gasteiger partial charge in [0.2, 0.25) is 0 Å². The Balaban J connectivity index is 1.78. The number of anilines is 1. The van der Waals surface area contributed by atoms with Crippen LogP contribution in [0.2, 0.25) is 5.02 Å². The minimum atomic E-state index is -3.11. The molecule has 0 radical (unpaired) electrons. The van der Waals surface area contributed by atoms with E-state index < -0.39 is 9.84 Å². The van der Waals surface area contributed by atoms with Gasteiger partial charge in [-0.2, -0.15) is 4.99 Å². The molecule has 2 aromatic rings. The SMILES string of the molecule is Cc1ccc(Cl)cc1N1C(=NC(=O)c2ccccc2)S[C@@H]2CS(=O)(=O)C[C@H]21. The second-order valence-electron chi connectivity index (χ2n) is 6.67. The van der Waals surface area contributed by atoms with Crippen LogP contribution in [0.15, 0.2) is 53.5 Å². The number of benzene rings is 2. The van der Waals surface area contributed by atoms with Crippen LogP contribution in [-0.4, -0.2) is 42.3 Å². The van der Waals surface area contributed by atoms with E-state index in [0.717, 1.165) is 11.3 Å². The molecule has 0 bridgehead atoms. The van der Waals surface area contributed by atoms with E-state index >= 15 is 0 Å². The fraction of sp³-hybridized carbons (Fsp3) is 0.263. The molecule has 2 heterocycles. The van der Waals surface area contributed by atoms with E-state index in [1.54, 1.807) is 36.4 Å². The van der Waals surface area contributed by atoms with Crippen LogP contribution in [0.3, 0.4) is 0 Å². The van der Waals surface area contributed by atoms with Gasteiger partial charge in [0.15, 0.2) is 15.0 Å². The number of nitrogens with zero attached hydrogens (tertiary/aromatic N) is 2. The third-order valence-electron chi connectivity index (χ3n) is 4.72. The molecule has 4 rings (SSSR count). The van der Waals surface area contributed by atoms with E-state index in [2.05, 4.69) is 4.99 Å². The van der Waals surface area contributed by atoms with Crippen molar-refractivity contribution >= 4 is 50.0 Å². The van der Waals surface area contributed by atoms with E-state index in [9.17, 15) is 13.2 Å². The van der Waals surface area contributed by atoms with Gasteiger partial charge < -0.3 is 4.90 Å². The molecule has 1 amide bonds. The first-order chi connectivity index (χ1) is 12.8. The zero-order chi connectivity index (χ0) is 19.2. The van der Waals surface area contributed by atoms with Crippen LogP contribution in [0.1, 0.15) is 15.9 Å². The van der Waals surface area contributed by atoms with Crippen molar-refractivity contribution in [2.75, 3.05) is 16.4 Å². The first kappa shape index (κ1) is 18.5. The number of carbonyl (C=O) groups is 1. The zero-order valence-electron chi connectivity index (χ0n) is 14.5. The summed E-state index contributed by atoms with van der Waals surface area (Å²) >= 11 is 7.54. The van der Waals surface area contributed by atoms with Crippen molar-refractivity contribution in [3.05, 3.63) is 64.7 Å². The normalized spacial score (nSPS) is 25.0. The predicted molar refractivity (Wildman–Crippen MR) is 111 cm³/mol. The molecular weight excluding hydrogens is 404 g/mol. The minimum Gasteiger partial charge on any atom is -0.315 e. The Morgan fingerprint density at radius 3 is 2.67 bits per heavy atom. The summed E-state index contributed by atoms with van der Waals surface area (Å²) in [7, 11) is -3.11. The van der Waals surface area contributed by atoms with Crippen molar-refractivity contribution in [2.45, 2.75) is 18.2 Å². The third kappa shape index (κ3) is 3.63. The van der Waals surface area contributed by atoms with Crippen LogP contribution in [-0.2, 0) is 9.84 Å². The monoisotopic (exact) mass is 420 g/mol. The van der Waals surface area contributed by atoms with Gasteiger partial charge in [-0.1, -0.05) is 47.6 Å². The molecule has 2 aromatic carbocycles. The largest absolute Gasteiger partial charge is 0.315 e. The van der Waals surface area contributed by atoms with E-state index in [1.807, 2.05) is 24.0 Å². The van der Waals surface area contributed by atoms with Gasteiger partial charge in [0.1, 0.15) is 0 Å². The summed E-state index contributed by atoms with van der Waals surface area (Å²) in [5.74, 6) is -0.197. The lowest BCUT2D eigenvalue weighted by molar-refractivity contribution is 0.100. The highest BCUT2D eigenvalue weighted by Gasteiger charge is 2.49. The molecule has 2 saturated heterocycles. The van der Waals surface area contributed by atoms with E-state index in [-0.39, 0.29) is 28.7 Å². The highest BCUT2D eigenvalue weighted by molar-refractivity contribution is 8.16. The second-order valence-corrected chi connectivity index (χ2v) is 10.5. The number of fused-ring (bicyclic) bond motifs is 1. The molecule has 0 unspecified atom stereocenters. The van der Waals surface area contributed by atoms with Crippen molar-refractivity contribution in [2.24, 2.45) is 4.99 Å². The predicted octanol–water partition coefficient (Wildman–Crippen LogP) is 3.56. The van der Waals surface area contributed by atoms with Gasteiger partial charge in [-0.25, -0.2) is 8.42 Å². The molecule has 5 nitrogen and oxygen atoms in total. The number of amides is 1. The van der Waals surface area contributed by atoms with Crippen LogP contribution in [0, 0.1) is 6.92 Å².